The van der Waals surface area contributed by atoms with E-state index in [1.165, 1.54) is 0 Å². The van der Waals surface area contributed by atoms with E-state index in [1.807, 2.05) is 48.5 Å². The van der Waals surface area contributed by atoms with Crippen molar-refractivity contribution in [3.63, 3.8) is 0 Å². The van der Waals surface area contributed by atoms with Crippen LogP contribution in [0, 0.1) is 10.1 Å². The minimum Gasteiger partial charge on any atom is -0.496 e. The molecule has 0 bridgehead atoms. The van der Waals surface area contributed by atoms with Gasteiger partial charge in [-0.1, -0.05) is 30.3 Å². The van der Waals surface area contributed by atoms with Gasteiger partial charge in [0.15, 0.2) is 0 Å². The third-order valence-corrected chi connectivity index (χ3v) is 5.46. The molecule has 0 saturated carbocycles. The second-order valence-corrected chi connectivity index (χ2v) is 8.00. The highest BCUT2D eigenvalue weighted by Crippen LogP contribution is 2.25. The van der Waals surface area contributed by atoms with Crippen molar-refractivity contribution in [1.29, 1.82) is 0 Å². The van der Waals surface area contributed by atoms with Crippen LogP contribution in [0.1, 0.15) is 42.7 Å². The van der Waals surface area contributed by atoms with Gasteiger partial charge < -0.3 is 29.1 Å². The Morgan fingerprint density at radius 3 is 2.44 bits per heavy atom. The lowest BCUT2D eigenvalue weighted by atomic mass is 9.92. The van der Waals surface area contributed by atoms with E-state index in [0.717, 1.165) is 41.9 Å². The van der Waals surface area contributed by atoms with Gasteiger partial charge in [-0.15, -0.1) is 10.1 Å². The molecule has 1 unspecified atom stereocenters. The van der Waals surface area contributed by atoms with Crippen LogP contribution in [0.4, 0.5) is 0 Å². The highest BCUT2D eigenvalue weighted by molar-refractivity contribution is 5.45. The zero-order valence-corrected chi connectivity index (χ0v) is 20.8. The first-order valence-corrected chi connectivity index (χ1v) is 12.1. The highest BCUT2D eigenvalue weighted by Gasteiger charge is 2.12. The fourth-order valence-corrected chi connectivity index (χ4v) is 3.61. The Balaban J connectivity index is 1.69. The van der Waals surface area contributed by atoms with Crippen LogP contribution in [0.15, 0.2) is 48.5 Å². The molecule has 0 fully saturated rings. The first-order valence-electron chi connectivity index (χ1n) is 12.1. The number of ether oxygens (including phenoxy) is 4. The summed E-state index contributed by atoms with van der Waals surface area (Å²) in [5.41, 5.74) is 2.15. The number of hydrogen-bond acceptors (Lipinski definition) is 8. The average molecular weight is 505 g/mol. The van der Waals surface area contributed by atoms with Crippen LogP contribution in [-0.4, -0.2) is 58.2 Å². The molecule has 2 aromatic carbocycles. The van der Waals surface area contributed by atoms with E-state index in [1.54, 1.807) is 7.11 Å². The van der Waals surface area contributed by atoms with Crippen molar-refractivity contribution in [3.05, 3.63) is 69.8 Å². The molecule has 198 valence electrons. The van der Waals surface area contributed by atoms with E-state index in [0.29, 0.717) is 52.4 Å². The lowest BCUT2D eigenvalue weighted by Crippen LogP contribution is -2.16. The largest absolute Gasteiger partial charge is 0.496 e. The maximum Gasteiger partial charge on any atom is 0.294 e. The van der Waals surface area contributed by atoms with E-state index in [2.05, 4.69) is 10.2 Å². The summed E-state index contributed by atoms with van der Waals surface area (Å²) in [4.78, 5) is 25.0. The monoisotopic (exact) mass is 504 g/mol. The van der Waals surface area contributed by atoms with Crippen LogP contribution in [0.3, 0.4) is 0 Å². The summed E-state index contributed by atoms with van der Waals surface area (Å²) < 4.78 is 22.5. The minimum atomic E-state index is -0.805. The predicted molar refractivity (Wildman–Crippen MR) is 134 cm³/mol. The fraction of sp³-hybridized carbons (Fsp3) is 0.500. The van der Waals surface area contributed by atoms with Crippen molar-refractivity contribution in [2.45, 2.75) is 38.2 Å². The van der Waals surface area contributed by atoms with Gasteiger partial charge >= 0.3 is 0 Å². The molecule has 1 N–H and O–H groups in total. The SMILES string of the molecule is COc1ccccc1COCCCOc1ccc(C(CCNC=O)CCOCCCO[N+](=O)[O-])cc1. The number of carbonyl (C=O) groups excluding carboxylic acids is 1. The number of para-hydroxylation sites is 1. The zero-order valence-electron chi connectivity index (χ0n) is 20.8. The molecule has 0 aromatic heterocycles. The van der Waals surface area contributed by atoms with Gasteiger partial charge in [-0.3, -0.25) is 4.79 Å². The predicted octanol–water partition coefficient (Wildman–Crippen LogP) is 3.91. The fourth-order valence-electron chi connectivity index (χ4n) is 3.61. The third kappa shape index (κ3) is 11.9. The van der Waals surface area contributed by atoms with Crippen molar-refractivity contribution in [2.75, 3.05) is 46.7 Å². The second kappa shape index (κ2) is 18.0. The van der Waals surface area contributed by atoms with Gasteiger partial charge in [0, 0.05) is 31.7 Å². The molecule has 0 aliphatic carbocycles. The van der Waals surface area contributed by atoms with Crippen LogP contribution < -0.4 is 14.8 Å². The molecule has 2 rings (SSSR count). The molecule has 0 radical (unpaired) electrons. The summed E-state index contributed by atoms with van der Waals surface area (Å²) in [5.74, 6) is 1.81. The molecule has 0 aliphatic heterocycles. The first-order chi connectivity index (χ1) is 17.6. The van der Waals surface area contributed by atoms with Gasteiger partial charge in [0.05, 0.1) is 33.5 Å². The zero-order chi connectivity index (χ0) is 25.8. The Bertz CT molecular complexity index is 879. The Morgan fingerprint density at radius 1 is 0.944 bits per heavy atom. The summed E-state index contributed by atoms with van der Waals surface area (Å²) in [6, 6.07) is 15.7. The standard InChI is InChI=1S/C26H36N2O8/c1-32-26-7-3-2-6-24(26)20-34-16-4-17-35-25-10-8-22(9-11-25)23(12-14-27-21-29)13-19-33-15-5-18-36-28(30)31/h2-3,6-11,21,23H,4-5,12-20H2,1H3,(H,27,29). The van der Waals surface area contributed by atoms with Crippen molar-refractivity contribution in [1.82, 2.24) is 5.32 Å². The molecule has 1 atom stereocenters. The third-order valence-electron chi connectivity index (χ3n) is 5.46. The summed E-state index contributed by atoms with van der Waals surface area (Å²) in [6.45, 7) is 3.12. The number of methoxy groups -OCH3 is 1. The molecule has 10 heteroatoms. The summed E-state index contributed by atoms with van der Waals surface area (Å²) in [6.07, 6.45) is 3.45. The minimum absolute atomic E-state index is 0.0229. The van der Waals surface area contributed by atoms with E-state index < -0.39 is 5.09 Å². The molecule has 2 aromatic rings. The summed E-state index contributed by atoms with van der Waals surface area (Å²) >= 11 is 0. The number of rotatable bonds is 21. The van der Waals surface area contributed by atoms with Crippen LogP contribution in [0.5, 0.6) is 11.5 Å². The molecule has 0 spiro atoms. The van der Waals surface area contributed by atoms with Crippen molar-refractivity contribution >= 4 is 6.41 Å². The molecule has 0 aliphatic rings. The molecular weight excluding hydrogens is 468 g/mol. The topological polar surface area (TPSA) is 118 Å². The molecule has 0 saturated heterocycles. The smallest absolute Gasteiger partial charge is 0.294 e. The first kappa shape index (κ1) is 28.9. The van der Waals surface area contributed by atoms with Gasteiger partial charge in [-0.05, 0) is 48.9 Å². The second-order valence-electron chi connectivity index (χ2n) is 8.00. The summed E-state index contributed by atoms with van der Waals surface area (Å²) in [5, 5.41) is 12.0. The van der Waals surface area contributed by atoms with Crippen LogP contribution >= 0.6 is 0 Å². The maximum absolute atomic E-state index is 10.6. The Morgan fingerprint density at radius 2 is 1.69 bits per heavy atom. The normalized spacial score (nSPS) is 11.5. The van der Waals surface area contributed by atoms with E-state index >= 15 is 0 Å². The molecular formula is C26H36N2O8. The Hall–Kier alpha value is -3.37. The van der Waals surface area contributed by atoms with E-state index in [-0.39, 0.29) is 12.5 Å². The van der Waals surface area contributed by atoms with E-state index in [4.69, 9.17) is 18.9 Å². The number of hydrogen-bond donors (Lipinski definition) is 1. The van der Waals surface area contributed by atoms with Crippen molar-refractivity contribution < 1.29 is 33.7 Å². The highest BCUT2D eigenvalue weighted by atomic mass is 16.9. The molecule has 10 nitrogen and oxygen atoms in total. The quantitative estimate of drug-likeness (QED) is 0.118. The average Bonchev–Trinajstić information content (AvgIpc) is 2.89. The number of carbonyl (C=O) groups is 1. The van der Waals surface area contributed by atoms with Gasteiger partial charge in [0.1, 0.15) is 11.5 Å². The molecule has 36 heavy (non-hydrogen) atoms. The van der Waals surface area contributed by atoms with Gasteiger partial charge in [-0.2, -0.15) is 0 Å². The van der Waals surface area contributed by atoms with Crippen LogP contribution in [0.25, 0.3) is 0 Å². The maximum atomic E-state index is 10.6. The van der Waals surface area contributed by atoms with Crippen LogP contribution in [-0.2, 0) is 25.7 Å². The van der Waals surface area contributed by atoms with Gasteiger partial charge in [0.25, 0.3) is 5.09 Å². The van der Waals surface area contributed by atoms with Gasteiger partial charge in [0.2, 0.25) is 6.41 Å². The van der Waals surface area contributed by atoms with Crippen molar-refractivity contribution in [2.24, 2.45) is 0 Å². The number of nitrogens with one attached hydrogen (secondary N) is 1. The lowest BCUT2D eigenvalue weighted by Gasteiger charge is -2.18. The van der Waals surface area contributed by atoms with Gasteiger partial charge in [-0.25, -0.2) is 0 Å². The number of amides is 1. The van der Waals surface area contributed by atoms with Crippen molar-refractivity contribution in [3.8, 4) is 11.5 Å². The lowest BCUT2D eigenvalue weighted by molar-refractivity contribution is -0.757. The number of nitrogens with zero attached hydrogens (tertiary/aromatic N) is 1. The molecule has 1 amide bonds. The molecule has 0 heterocycles. The Kier molecular flexibility index (Phi) is 14.4. The van der Waals surface area contributed by atoms with E-state index in [9.17, 15) is 14.9 Å². The Labute approximate surface area is 211 Å². The van der Waals surface area contributed by atoms with Crippen LogP contribution in [0.2, 0.25) is 0 Å². The number of benzene rings is 2. The summed E-state index contributed by atoms with van der Waals surface area (Å²) in [7, 11) is 1.65.